The van der Waals surface area contributed by atoms with Gasteiger partial charge < -0.3 is 20.7 Å². The zero-order valence-corrected chi connectivity index (χ0v) is 15.2. The lowest BCUT2D eigenvalue weighted by Crippen LogP contribution is -2.52. The normalized spacial score (nSPS) is 28.2. The monoisotopic (exact) mass is 361 g/mol. The Balaban J connectivity index is 1.70. The van der Waals surface area contributed by atoms with Gasteiger partial charge in [-0.15, -0.1) is 0 Å². The molecule has 0 spiro atoms. The Kier molecular flexibility index (Phi) is 5.75. The summed E-state index contributed by atoms with van der Waals surface area (Å²) in [6, 6.07) is 6.61. The van der Waals surface area contributed by atoms with E-state index in [4.69, 9.17) is 10.5 Å². The third-order valence-electron chi connectivity index (χ3n) is 4.99. The van der Waals surface area contributed by atoms with E-state index in [1.807, 2.05) is 31.2 Å². The molecule has 2 aliphatic heterocycles. The van der Waals surface area contributed by atoms with Gasteiger partial charge in [-0.05, 0) is 25.8 Å². The Morgan fingerprint density at radius 2 is 2.08 bits per heavy atom. The molecule has 0 saturated carbocycles. The average molecular weight is 361 g/mol. The van der Waals surface area contributed by atoms with Crippen molar-refractivity contribution in [3.63, 3.8) is 0 Å². The van der Waals surface area contributed by atoms with E-state index in [-0.39, 0.29) is 23.9 Å². The molecular weight excluding hydrogens is 334 g/mol. The summed E-state index contributed by atoms with van der Waals surface area (Å²) < 4.78 is 5.41. The Bertz CT molecular complexity index is 668. The molecule has 8 heteroatoms. The van der Waals surface area contributed by atoms with Gasteiger partial charge in [0.25, 0.3) is 0 Å². The fraction of sp³-hybridized carbons (Fsp3) is 0.556. The average Bonchev–Trinajstić information content (AvgIpc) is 3.28. The lowest BCUT2D eigenvalue weighted by molar-refractivity contribution is -0.139. The standard InChI is InChI=1S/C18H27N5O3/c1-3-20-17(24)15-8-11(19)10-23(15)18(25)14-9-13(21-22-14)12-6-4-5-7-16(12)26-2/h4-7,11,13-15,21-22H,3,8-10,19H2,1-2H3,(H,20,24)/t11-,13?,14?,15+/m1/s1. The molecule has 2 unspecified atom stereocenters. The molecule has 4 atom stereocenters. The quantitative estimate of drug-likeness (QED) is 0.572. The van der Waals surface area contributed by atoms with E-state index in [9.17, 15) is 9.59 Å². The maximum atomic E-state index is 13.0. The second-order valence-electron chi connectivity index (χ2n) is 6.77. The van der Waals surface area contributed by atoms with Crippen LogP contribution in [0.3, 0.4) is 0 Å². The molecule has 5 N–H and O–H groups in total. The second-order valence-corrected chi connectivity index (χ2v) is 6.77. The Hall–Kier alpha value is -2.16. The number of nitrogens with two attached hydrogens (primary N) is 1. The van der Waals surface area contributed by atoms with Gasteiger partial charge in [-0.2, -0.15) is 0 Å². The Labute approximate surface area is 153 Å². The molecule has 0 aliphatic carbocycles. The van der Waals surface area contributed by atoms with E-state index in [2.05, 4.69) is 16.2 Å². The van der Waals surface area contributed by atoms with Gasteiger partial charge in [0.05, 0.1) is 13.2 Å². The molecular formula is C18H27N5O3. The lowest BCUT2D eigenvalue weighted by Gasteiger charge is -2.26. The van der Waals surface area contributed by atoms with Crippen LogP contribution in [0.25, 0.3) is 0 Å². The van der Waals surface area contributed by atoms with Crippen molar-refractivity contribution in [3.8, 4) is 5.75 Å². The zero-order chi connectivity index (χ0) is 18.7. The molecule has 0 aromatic heterocycles. The van der Waals surface area contributed by atoms with Crippen molar-refractivity contribution >= 4 is 11.8 Å². The molecule has 2 saturated heterocycles. The summed E-state index contributed by atoms with van der Waals surface area (Å²) >= 11 is 0. The van der Waals surface area contributed by atoms with Crippen molar-refractivity contribution in [1.82, 2.24) is 21.1 Å². The predicted octanol–water partition coefficient (Wildman–Crippen LogP) is -0.333. The first kappa shape index (κ1) is 18.6. The second kappa shape index (κ2) is 8.03. The minimum atomic E-state index is -0.496. The van der Waals surface area contributed by atoms with Crippen LogP contribution in [0.2, 0.25) is 0 Å². The summed E-state index contributed by atoms with van der Waals surface area (Å²) in [5.41, 5.74) is 13.3. The molecule has 1 aromatic carbocycles. The number of hydrazine groups is 1. The molecule has 1 aromatic rings. The highest BCUT2D eigenvalue weighted by Gasteiger charge is 2.42. The number of hydrogen-bond acceptors (Lipinski definition) is 6. The summed E-state index contributed by atoms with van der Waals surface area (Å²) in [7, 11) is 1.63. The van der Waals surface area contributed by atoms with E-state index in [1.54, 1.807) is 12.0 Å². The van der Waals surface area contributed by atoms with E-state index in [0.29, 0.717) is 25.9 Å². The number of benzene rings is 1. The summed E-state index contributed by atoms with van der Waals surface area (Å²) in [4.78, 5) is 26.9. The Morgan fingerprint density at radius 1 is 1.31 bits per heavy atom. The third kappa shape index (κ3) is 3.67. The minimum absolute atomic E-state index is 0.0423. The first-order valence-corrected chi connectivity index (χ1v) is 9.02. The van der Waals surface area contributed by atoms with Crippen LogP contribution in [0.5, 0.6) is 5.75 Å². The maximum absolute atomic E-state index is 13.0. The number of carbonyl (C=O) groups is 2. The van der Waals surface area contributed by atoms with Crippen LogP contribution in [0, 0.1) is 0 Å². The number of likely N-dealkylation sites (tertiary alicyclic amines) is 1. The van der Waals surface area contributed by atoms with Gasteiger partial charge in [0.1, 0.15) is 17.8 Å². The summed E-state index contributed by atoms with van der Waals surface area (Å²) in [5, 5.41) is 2.79. The van der Waals surface area contributed by atoms with Crippen molar-refractivity contribution in [2.24, 2.45) is 5.73 Å². The number of methoxy groups -OCH3 is 1. The smallest absolute Gasteiger partial charge is 0.242 e. The fourth-order valence-corrected chi connectivity index (χ4v) is 3.73. The molecule has 2 heterocycles. The molecule has 8 nitrogen and oxygen atoms in total. The molecule has 26 heavy (non-hydrogen) atoms. The molecule has 2 aliphatic rings. The van der Waals surface area contributed by atoms with Crippen molar-refractivity contribution in [3.05, 3.63) is 29.8 Å². The highest BCUT2D eigenvalue weighted by Crippen LogP contribution is 2.31. The zero-order valence-electron chi connectivity index (χ0n) is 15.2. The minimum Gasteiger partial charge on any atom is -0.496 e. The van der Waals surface area contributed by atoms with Crippen molar-refractivity contribution in [1.29, 1.82) is 0 Å². The maximum Gasteiger partial charge on any atom is 0.242 e. The van der Waals surface area contributed by atoms with Crippen LogP contribution in [-0.4, -0.2) is 55.0 Å². The van der Waals surface area contributed by atoms with Crippen LogP contribution in [0.15, 0.2) is 24.3 Å². The van der Waals surface area contributed by atoms with Crippen molar-refractivity contribution < 1.29 is 14.3 Å². The largest absolute Gasteiger partial charge is 0.496 e. The summed E-state index contributed by atoms with van der Waals surface area (Å²) in [6.45, 7) is 2.79. The first-order valence-electron chi connectivity index (χ1n) is 9.02. The fourth-order valence-electron chi connectivity index (χ4n) is 3.73. The van der Waals surface area contributed by atoms with Crippen LogP contribution in [-0.2, 0) is 9.59 Å². The first-order chi connectivity index (χ1) is 12.5. The highest BCUT2D eigenvalue weighted by atomic mass is 16.5. The van der Waals surface area contributed by atoms with Gasteiger partial charge in [-0.1, -0.05) is 18.2 Å². The number of hydrogen-bond donors (Lipinski definition) is 4. The van der Waals surface area contributed by atoms with E-state index in [1.165, 1.54) is 0 Å². The number of likely N-dealkylation sites (N-methyl/N-ethyl adjacent to an activating group) is 1. The third-order valence-corrected chi connectivity index (χ3v) is 4.99. The number of ether oxygens (including phenoxy) is 1. The van der Waals surface area contributed by atoms with Crippen LogP contribution < -0.4 is 26.6 Å². The van der Waals surface area contributed by atoms with Gasteiger partial charge in [-0.25, -0.2) is 10.9 Å². The molecule has 0 radical (unpaired) electrons. The Morgan fingerprint density at radius 3 is 2.81 bits per heavy atom. The van der Waals surface area contributed by atoms with Gasteiger partial charge in [0.15, 0.2) is 0 Å². The van der Waals surface area contributed by atoms with Gasteiger partial charge >= 0.3 is 0 Å². The van der Waals surface area contributed by atoms with Gasteiger partial charge in [0.2, 0.25) is 11.8 Å². The number of nitrogens with one attached hydrogen (secondary N) is 3. The molecule has 0 bridgehead atoms. The lowest BCUT2D eigenvalue weighted by atomic mass is 10.0. The molecule has 3 rings (SSSR count). The van der Waals surface area contributed by atoms with Crippen molar-refractivity contribution in [2.75, 3.05) is 20.2 Å². The predicted molar refractivity (Wildman–Crippen MR) is 97.2 cm³/mol. The van der Waals surface area contributed by atoms with Gasteiger partial charge in [0, 0.05) is 24.7 Å². The number of para-hydroxylation sites is 1. The van der Waals surface area contributed by atoms with E-state index < -0.39 is 12.1 Å². The summed E-state index contributed by atoms with van der Waals surface area (Å²) in [5.74, 6) is 0.545. The van der Waals surface area contributed by atoms with Crippen LogP contribution in [0.1, 0.15) is 31.4 Å². The molecule has 2 amide bonds. The van der Waals surface area contributed by atoms with E-state index in [0.717, 1.165) is 11.3 Å². The highest BCUT2D eigenvalue weighted by molar-refractivity contribution is 5.90. The number of carbonyl (C=O) groups excluding carboxylic acids is 2. The molecule has 142 valence electrons. The molecule has 2 fully saturated rings. The van der Waals surface area contributed by atoms with Crippen LogP contribution in [0.4, 0.5) is 0 Å². The van der Waals surface area contributed by atoms with Crippen LogP contribution >= 0.6 is 0 Å². The summed E-state index contributed by atoms with van der Waals surface area (Å²) in [6.07, 6.45) is 1.07. The number of amides is 2. The number of rotatable bonds is 5. The SMILES string of the molecule is CCNC(=O)[C@@H]1C[C@@H](N)CN1C(=O)C1CC(c2ccccc2OC)NN1. The number of nitrogens with zero attached hydrogens (tertiary/aromatic N) is 1. The van der Waals surface area contributed by atoms with E-state index >= 15 is 0 Å². The topological polar surface area (TPSA) is 109 Å². The van der Waals surface area contributed by atoms with Gasteiger partial charge in [-0.3, -0.25) is 9.59 Å². The van der Waals surface area contributed by atoms with Crippen molar-refractivity contribution in [2.45, 2.75) is 43.9 Å².